The number of aliphatic carboxylic acids is 1. The molecule has 13 heavy (non-hydrogen) atoms. The van der Waals surface area contributed by atoms with E-state index in [1.54, 1.807) is 6.92 Å². The van der Waals surface area contributed by atoms with E-state index in [9.17, 15) is 9.90 Å². The van der Waals surface area contributed by atoms with Crippen LogP contribution < -0.4 is 61.8 Å². The predicted octanol–water partition coefficient (Wildman–Crippen LogP) is -2.70. The maximum atomic E-state index is 10.2. The van der Waals surface area contributed by atoms with Crippen molar-refractivity contribution in [2.75, 3.05) is 6.54 Å². The fourth-order valence-corrected chi connectivity index (χ4v) is 0.954. The number of carboxylic acid groups (broad SMARTS) is 1. The van der Waals surface area contributed by atoms with Crippen molar-refractivity contribution in [1.82, 2.24) is 5.32 Å². The zero-order valence-corrected chi connectivity index (χ0v) is 12.1. The molecule has 0 spiro atoms. The van der Waals surface area contributed by atoms with Crippen LogP contribution in [0.2, 0.25) is 0 Å². The van der Waals surface area contributed by atoms with Crippen molar-refractivity contribution >= 4 is 5.97 Å². The van der Waals surface area contributed by atoms with E-state index < -0.39 is 12.0 Å². The van der Waals surface area contributed by atoms with E-state index in [0.717, 1.165) is 13.0 Å². The molecular weight excluding hydrogens is 193 g/mol. The molecule has 1 N–H and O–H groups in total. The number of rotatable bonds is 7. The topological polar surface area (TPSA) is 52.2 Å². The molecule has 0 heterocycles. The van der Waals surface area contributed by atoms with Gasteiger partial charge in [0.1, 0.15) is 0 Å². The van der Waals surface area contributed by atoms with Crippen LogP contribution in [-0.4, -0.2) is 18.6 Å². The van der Waals surface area contributed by atoms with E-state index in [1.807, 2.05) is 0 Å². The van der Waals surface area contributed by atoms with Crippen LogP contribution in [0.3, 0.4) is 0 Å². The van der Waals surface area contributed by atoms with Gasteiger partial charge in [-0.3, -0.25) is 0 Å². The first-order valence-corrected chi connectivity index (χ1v) is 4.62. The van der Waals surface area contributed by atoms with Gasteiger partial charge >= 0.3 is 51.4 Å². The normalized spacial score (nSPS) is 11.8. The molecule has 0 amide bonds. The summed E-state index contributed by atoms with van der Waals surface area (Å²) in [5.41, 5.74) is 0. The van der Waals surface area contributed by atoms with Gasteiger partial charge in [0, 0.05) is 6.04 Å². The number of carboxylic acids is 1. The second-order valence-electron chi connectivity index (χ2n) is 3.06. The second kappa shape index (κ2) is 11.1. The molecule has 0 radical (unpaired) electrons. The minimum absolute atomic E-state index is 0. The monoisotopic (exact) mass is 211 g/mol. The molecule has 1 atom stereocenters. The van der Waals surface area contributed by atoms with Gasteiger partial charge in [-0.1, -0.05) is 26.2 Å². The van der Waals surface area contributed by atoms with Crippen LogP contribution in [0.4, 0.5) is 0 Å². The first-order valence-electron chi connectivity index (χ1n) is 4.62. The fraction of sp³-hybridized carbons (Fsp3) is 0.889. The first kappa shape index (κ1) is 16.5. The Kier molecular flexibility index (Phi) is 14.1. The van der Waals surface area contributed by atoms with Gasteiger partial charge in [-0.05, 0) is 19.9 Å². The zero-order valence-electron chi connectivity index (χ0n) is 8.93. The molecule has 0 aliphatic rings. The molecule has 0 aromatic heterocycles. The van der Waals surface area contributed by atoms with Crippen LogP contribution >= 0.6 is 0 Å². The summed E-state index contributed by atoms with van der Waals surface area (Å²) in [6, 6.07) is -0.522. The van der Waals surface area contributed by atoms with E-state index in [4.69, 9.17) is 0 Å². The first-order chi connectivity index (χ1) is 5.68. The summed E-state index contributed by atoms with van der Waals surface area (Å²) >= 11 is 0. The molecule has 0 bridgehead atoms. The number of hydrogen-bond donors (Lipinski definition) is 1. The third-order valence-electron chi connectivity index (χ3n) is 1.83. The minimum atomic E-state index is -1.02. The Morgan fingerprint density at radius 1 is 1.38 bits per heavy atom. The maximum absolute atomic E-state index is 10.2. The quantitative estimate of drug-likeness (QED) is 0.368. The van der Waals surface area contributed by atoms with Crippen LogP contribution in [0.5, 0.6) is 0 Å². The van der Waals surface area contributed by atoms with E-state index >= 15 is 0 Å². The summed E-state index contributed by atoms with van der Waals surface area (Å²) in [5, 5.41) is 13.1. The molecule has 72 valence electrons. The van der Waals surface area contributed by atoms with Crippen LogP contribution in [0.25, 0.3) is 0 Å². The summed E-state index contributed by atoms with van der Waals surface area (Å²) in [6.07, 6.45) is 4.64. The molecule has 0 aromatic rings. The van der Waals surface area contributed by atoms with E-state index in [0.29, 0.717) is 0 Å². The molecule has 0 aliphatic carbocycles. The Balaban J connectivity index is 0. The van der Waals surface area contributed by atoms with Crippen LogP contribution in [-0.2, 0) is 4.79 Å². The van der Waals surface area contributed by atoms with Crippen molar-refractivity contribution in [3.05, 3.63) is 0 Å². The summed E-state index contributed by atoms with van der Waals surface area (Å²) in [6.45, 7) is 4.53. The van der Waals surface area contributed by atoms with Crippen molar-refractivity contribution < 1.29 is 61.3 Å². The van der Waals surface area contributed by atoms with Gasteiger partial charge in [-0.2, -0.15) is 0 Å². The molecule has 0 aromatic carbocycles. The van der Waals surface area contributed by atoms with Gasteiger partial charge < -0.3 is 15.2 Å². The summed E-state index contributed by atoms with van der Waals surface area (Å²) < 4.78 is 0. The smallest absolute Gasteiger partial charge is 0.548 e. The van der Waals surface area contributed by atoms with E-state index in [-0.39, 0.29) is 51.4 Å². The van der Waals surface area contributed by atoms with Gasteiger partial charge in [0.2, 0.25) is 0 Å². The van der Waals surface area contributed by atoms with Crippen LogP contribution in [0.1, 0.15) is 39.5 Å². The third-order valence-corrected chi connectivity index (χ3v) is 1.83. The molecule has 0 saturated heterocycles. The Hall–Kier alpha value is 1.07. The van der Waals surface area contributed by atoms with Gasteiger partial charge in [0.15, 0.2) is 0 Å². The number of hydrogen-bond acceptors (Lipinski definition) is 3. The van der Waals surface area contributed by atoms with Crippen molar-refractivity contribution in [2.45, 2.75) is 45.6 Å². The Morgan fingerprint density at radius 3 is 2.46 bits per heavy atom. The van der Waals surface area contributed by atoms with Gasteiger partial charge in [0.25, 0.3) is 0 Å². The Bertz CT molecular complexity index is 131. The molecule has 0 fully saturated rings. The number of carbonyl (C=O) groups is 1. The summed E-state index contributed by atoms with van der Waals surface area (Å²) in [7, 11) is 0. The van der Waals surface area contributed by atoms with Gasteiger partial charge in [-0.25, -0.2) is 0 Å². The van der Waals surface area contributed by atoms with Crippen LogP contribution in [0.15, 0.2) is 0 Å². The molecule has 3 nitrogen and oxygen atoms in total. The molecule has 0 rings (SSSR count). The second-order valence-corrected chi connectivity index (χ2v) is 3.06. The summed E-state index contributed by atoms with van der Waals surface area (Å²) in [4.78, 5) is 10.2. The Labute approximate surface area is 123 Å². The molecular formula is C9H18KNO2. The maximum Gasteiger partial charge on any atom is 1.00 e. The summed E-state index contributed by atoms with van der Waals surface area (Å²) in [5.74, 6) is -1.02. The average molecular weight is 211 g/mol. The van der Waals surface area contributed by atoms with Crippen molar-refractivity contribution in [1.29, 1.82) is 0 Å². The van der Waals surface area contributed by atoms with Crippen LogP contribution in [0, 0.1) is 0 Å². The molecule has 1 unspecified atom stereocenters. The van der Waals surface area contributed by atoms with Crippen molar-refractivity contribution in [2.24, 2.45) is 0 Å². The molecule has 0 saturated carbocycles. The van der Waals surface area contributed by atoms with E-state index in [1.165, 1.54) is 19.3 Å². The average Bonchev–Trinajstić information content (AvgIpc) is 2.03. The van der Waals surface area contributed by atoms with Gasteiger partial charge in [0.05, 0.1) is 5.97 Å². The zero-order chi connectivity index (χ0) is 9.40. The Morgan fingerprint density at radius 2 is 2.00 bits per heavy atom. The van der Waals surface area contributed by atoms with Crippen molar-refractivity contribution in [3.63, 3.8) is 0 Å². The van der Waals surface area contributed by atoms with Gasteiger partial charge in [-0.15, -0.1) is 0 Å². The molecule has 0 aliphatic heterocycles. The standard InChI is InChI=1S/C9H19NO2.K/c1-3-4-5-6-7-10-8(2)9(11)12;/h8,10H,3-7H2,1-2H3,(H,11,12);/q;+1/p-1. The third kappa shape index (κ3) is 11.0. The largest absolute Gasteiger partial charge is 1.00 e. The SMILES string of the molecule is CCCCCCNC(C)C(=O)[O-].[K+]. The van der Waals surface area contributed by atoms with Crippen molar-refractivity contribution in [3.8, 4) is 0 Å². The minimum Gasteiger partial charge on any atom is -0.548 e. The number of carbonyl (C=O) groups excluding carboxylic acids is 1. The number of nitrogens with one attached hydrogen (secondary N) is 1. The predicted molar refractivity (Wildman–Crippen MR) is 46.6 cm³/mol. The van der Waals surface area contributed by atoms with E-state index in [2.05, 4.69) is 12.2 Å². The molecule has 4 heteroatoms. The number of unbranched alkanes of at least 4 members (excludes halogenated alkanes) is 3. The fourth-order valence-electron chi connectivity index (χ4n) is 0.954.